The van der Waals surface area contributed by atoms with E-state index < -0.39 is 0 Å². The molecule has 0 aromatic carbocycles. The minimum atomic E-state index is 0.264. The van der Waals surface area contributed by atoms with Crippen molar-refractivity contribution >= 4 is 22.9 Å². The first-order valence-corrected chi connectivity index (χ1v) is 7.03. The van der Waals surface area contributed by atoms with Crippen molar-refractivity contribution in [3.63, 3.8) is 0 Å². The number of nitrogens with one attached hydrogen (secondary N) is 2. The Morgan fingerprint density at radius 1 is 1.26 bits per heavy atom. The van der Waals surface area contributed by atoms with Gasteiger partial charge in [0.25, 0.3) is 0 Å². The molecule has 6 heteroatoms. The minimum Gasteiger partial charge on any atom is -0.368 e. The molecule has 3 rings (SSSR count). The molecule has 0 spiro atoms. The molecular weight excluding hydrogens is 240 g/mol. The number of aromatic amines is 1. The van der Waals surface area contributed by atoms with Crippen LogP contribution in [0, 0.1) is 5.92 Å². The molecule has 0 saturated heterocycles. The van der Waals surface area contributed by atoms with Gasteiger partial charge in [-0.25, -0.2) is 4.98 Å². The molecule has 102 valence electrons. The van der Waals surface area contributed by atoms with E-state index in [4.69, 9.17) is 5.73 Å². The third kappa shape index (κ3) is 2.77. The van der Waals surface area contributed by atoms with Crippen LogP contribution in [0.2, 0.25) is 0 Å². The van der Waals surface area contributed by atoms with Crippen molar-refractivity contribution in [3.8, 4) is 0 Å². The Hall–Kier alpha value is -1.85. The van der Waals surface area contributed by atoms with Crippen LogP contribution in [-0.2, 0) is 0 Å². The van der Waals surface area contributed by atoms with Crippen LogP contribution in [0.25, 0.3) is 11.2 Å². The molecule has 0 radical (unpaired) electrons. The molecule has 4 N–H and O–H groups in total. The number of imidazole rings is 1. The highest BCUT2D eigenvalue weighted by atomic mass is 15.1. The number of aromatic nitrogens is 4. The van der Waals surface area contributed by atoms with Crippen molar-refractivity contribution in [1.82, 2.24) is 19.9 Å². The normalized spacial score (nSPS) is 16.8. The number of nitrogens with zero attached hydrogens (tertiary/aromatic N) is 3. The lowest BCUT2D eigenvalue weighted by Gasteiger charge is -2.21. The lowest BCUT2D eigenvalue weighted by atomic mass is 9.87. The summed E-state index contributed by atoms with van der Waals surface area (Å²) in [5, 5.41) is 3.36. The topological polar surface area (TPSA) is 92.5 Å². The summed E-state index contributed by atoms with van der Waals surface area (Å²) in [6.07, 6.45) is 9.72. The number of fused-ring (bicyclic) bond motifs is 1. The third-order valence-electron chi connectivity index (χ3n) is 3.87. The van der Waals surface area contributed by atoms with Gasteiger partial charge in [0.15, 0.2) is 11.5 Å². The fourth-order valence-corrected chi connectivity index (χ4v) is 2.85. The summed E-state index contributed by atoms with van der Waals surface area (Å²) in [6, 6.07) is 0. The minimum absolute atomic E-state index is 0.264. The van der Waals surface area contributed by atoms with E-state index in [9.17, 15) is 0 Å². The first-order chi connectivity index (χ1) is 9.33. The highest BCUT2D eigenvalue weighted by Gasteiger charge is 2.13. The Morgan fingerprint density at radius 2 is 2.11 bits per heavy atom. The summed E-state index contributed by atoms with van der Waals surface area (Å²) in [5.41, 5.74) is 7.13. The van der Waals surface area contributed by atoms with E-state index in [-0.39, 0.29) is 5.95 Å². The molecule has 1 aliphatic carbocycles. The van der Waals surface area contributed by atoms with Gasteiger partial charge in [-0.2, -0.15) is 9.97 Å². The van der Waals surface area contributed by atoms with Gasteiger partial charge in [-0.3, -0.25) is 0 Å². The van der Waals surface area contributed by atoms with Crippen molar-refractivity contribution in [1.29, 1.82) is 0 Å². The van der Waals surface area contributed by atoms with Gasteiger partial charge in [-0.05, 0) is 12.3 Å². The van der Waals surface area contributed by atoms with Gasteiger partial charge in [0.05, 0.1) is 6.33 Å². The highest BCUT2D eigenvalue weighted by Crippen LogP contribution is 2.26. The maximum absolute atomic E-state index is 5.68. The summed E-state index contributed by atoms with van der Waals surface area (Å²) in [7, 11) is 0. The third-order valence-corrected chi connectivity index (χ3v) is 3.87. The van der Waals surface area contributed by atoms with E-state index >= 15 is 0 Å². The van der Waals surface area contributed by atoms with Gasteiger partial charge in [0.1, 0.15) is 5.52 Å². The lowest BCUT2D eigenvalue weighted by Crippen LogP contribution is -2.13. The summed E-state index contributed by atoms with van der Waals surface area (Å²) in [4.78, 5) is 15.5. The van der Waals surface area contributed by atoms with Gasteiger partial charge in [0.2, 0.25) is 5.95 Å². The largest absolute Gasteiger partial charge is 0.368 e. The van der Waals surface area contributed by atoms with Gasteiger partial charge >= 0.3 is 0 Å². The number of hydrogen-bond acceptors (Lipinski definition) is 5. The molecule has 2 aromatic heterocycles. The van der Waals surface area contributed by atoms with Crippen molar-refractivity contribution in [2.24, 2.45) is 5.92 Å². The van der Waals surface area contributed by atoms with Crippen LogP contribution in [0.5, 0.6) is 0 Å². The van der Waals surface area contributed by atoms with Gasteiger partial charge < -0.3 is 16.0 Å². The average molecular weight is 260 g/mol. The molecule has 0 bridgehead atoms. The molecule has 0 amide bonds. The number of hydrogen-bond donors (Lipinski definition) is 3. The molecule has 2 heterocycles. The SMILES string of the molecule is Nc1nc(NCCC2CCCCC2)c2[nH]cnc2n1. The van der Waals surface area contributed by atoms with E-state index in [0.717, 1.165) is 23.8 Å². The summed E-state index contributed by atoms with van der Waals surface area (Å²) in [6.45, 7) is 0.926. The van der Waals surface area contributed by atoms with Crippen LogP contribution in [0.1, 0.15) is 38.5 Å². The zero-order valence-corrected chi connectivity index (χ0v) is 11.0. The van der Waals surface area contributed by atoms with Gasteiger partial charge in [-0.1, -0.05) is 32.1 Å². The smallest absolute Gasteiger partial charge is 0.224 e. The number of nitrogen functional groups attached to an aromatic ring is 1. The quantitative estimate of drug-likeness (QED) is 0.784. The summed E-state index contributed by atoms with van der Waals surface area (Å²) >= 11 is 0. The summed E-state index contributed by atoms with van der Waals surface area (Å²) < 4.78 is 0. The number of anilines is 2. The Balaban J connectivity index is 1.63. The van der Waals surface area contributed by atoms with Gasteiger partial charge in [-0.15, -0.1) is 0 Å². The molecule has 19 heavy (non-hydrogen) atoms. The predicted molar refractivity (Wildman–Crippen MR) is 75.8 cm³/mol. The van der Waals surface area contributed by atoms with Crippen LogP contribution in [0.4, 0.5) is 11.8 Å². The van der Waals surface area contributed by atoms with E-state index in [1.165, 1.54) is 38.5 Å². The monoisotopic (exact) mass is 260 g/mol. The molecule has 0 unspecified atom stereocenters. The molecule has 2 aromatic rings. The highest BCUT2D eigenvalue weighted by molar-refractivity contribution is 5.83. The Morgan fingerprint density at radius 3 is 2.95 bits per heavy atom. The lowest BCUT2D eigenvalue weighted by molar-refractivity contribution is 0.345. The first kappa shape index (κ1) is 12.2. The number of rotatable bonds is 4. The molecule has 6 nitrogen and oxygen atoms in total. The van der Waals surface area contributed by atoms with Gasteiger partial charge in [0, 0.05) is 6.54 Å². The molecular formula is C13H20N6. The maximum atomic E-state index is 5.68. The zero-order chi connectivity index (χ0) is 13.1. The Bertz CT molecular complexity index is 543. The average Bonchev–Trinajstić information content (AvgIpc) is 2.88. The van der Waals surface area contributed by atoms with Crippen LogP contribution in [-0.4, -0.2) is 26.5 Å². The first-order valence-electron chi connectivity index (χ1n) is 7.03. The van der Waals surface area contributed by atoms with Crippen LogP contribution >= 0.6 is 0 Å². The van der Waals surface area contributed by atoms with Crippen LogP contribution in [0.15, 0.2) is 6.33 Å². The second-order valence-electron chi connectivity index (χ2n) is 5.25. The zero-order valence-electron chi connectivity index (χ0n) is 11.0. The molecule has 1 aliphatic rings. The van der Waals surface area contributed by atoms with Crippen molar-refractivity contribution in [2.75, 3.05) is 17.6 Å². The molecule has 0 atom stereocenters. The number of H-pyrrole nitrogens is 1. The van der Waals surface area contributed by atoms with E-state index in [1.807, 2.05) is 0 Å². The summed E-state index contributed by atoms with van der Waals surface area (Å²) in [5.74, 6) is 1.88. The molecule has 0 aliphatic heterocycles. The predicted octanol–water partition coefficient (Wildman–Crippen LogP) is 2.32. The van der Waals surface area contributed by atoms with E-state index in [2.05, 4.69) is 25.3 Å². The van der Waals surface area contributed by atoms with Crippen LogP contribution in [0.3, 0.4) is 0 Å². The Kier molecular flexibility index (Phi) is 3.48. The van der Waals surface area contributed by atoms with E-state index in [0.29, 0.717) is 5.65 Å². The maximum Gasteiger partial charge on any atom is 0.224 e. The fourth-order valence-electron chi connectivity index (χ4n) is 2.85. The number of nitrogens with two attached hydrogens (primary N) is 1. The van der Waals surface area contributed by atoms with Crippen molar-refractivity contribution < 1.29 is 0 Å². The van der Waals surface area contributed by atoms with Crippen molar-refractivity contribution in [2.45, 2.75) is 38.5 Å². The second-order valence-corrected chi connectivity index (χ2v) is 5.25. The van der Waals surface area contributed by atoms with Crippen LogP contribution < -0.4 is 11.1 Å². The molecule has 1 saturated carbocycles. The second kappa shape index (κ2) is 5.42. The van der Waals surface area contributed by atoms with Crippen molar-refractivity contribution in [3.05, 3.63) is 6.33 Å². The fraction of sp³-hybridized carbons (Fsp3) is 0.615. The Labute approximate surface area is 112 Å². The standard InChI is InChI=1S/C13H20N6/c14-13-18-11(10-12(19-13)17-8-16-10)15-7-6-9-4-2-1-3-5-9/h8-9H,1-7H2,(H4,14,15,16,17,18,19). The van der Waals surface area contributed by atoms with E-state index in [1.54, 1.807) is 6.33 Å². The molecule has 1 fully saturated rings.